The van der Waals surface area contributed by atoms with Gasteiger partial charge in [0.05, 0.1) is 6.54 Å². The summed E-state index contributed by atoms with van der Waals surface area (Å²) in [5.74, 6) is -0.361. The van der Waals surface area contributed by atoms with Crippen LogP contribution in [0.3, 0.4) is 0 Å². The summed E-state index contributed by atoms with van der Waals surface area (Å²) >= 11 is 0. The Hall–Kier alpha value is -1.99. The second-order valence-electron chi connectivity index (χ2n) is 4.04. The van der Waals surface area contributed by atoms with Crippen molar-refractivity contribution in [2.24, 2.45) is 5.73 Å². The number of nitrogens with zero attached hydrogens (tertiary/aromatic N) is 4. The minimum atomic E-state index is -0.447. The first kappa shape index (κ1) is 12.5. The Kier molecular flexibility index (Phi) is 3.54. The third-order valence-corrected chi connectivity index (χ3v) is 2.58. The van der Waals surface area contributed by atoms with E-state index in [4.69, 9.17) is 5.73 Å². The maximum Gasteiger partial charge on any atom is 0.357 e. The molecule has 0 aliphatic heterocycles. The second-order valence-corrected chi connectivity index (χ2v) is 4.04. The molecule has 0 atom stereocenters. The number of pyridine rings is 1. The minimum absolute atomic E-state index is 0.112. The normalized spacial score (nSPS) is 11.3. The van der Waals surface area contributed by atoms with Crippen molar-refractivity contribution in [3.05, 3.63) is 34.9 Å². The van der Waals surface area contributed by atoms with E-state index in [0.29, 0.717) is 18.7 Å². The molecule has 0 aliphatic carbocycles. The maximum absolute atomic E-state index is 11.9. The Balaban J connectivity index is 2.28. The Bertz CT molecular complexity index is 615. The van der Waals surface area contributed by atoms with Gasteiger partial charge in [-0.1, -0.05) is 6.07 Å². The number of likely N-dealkylation sites (N-methyl/N-ethyl adjacent to an activating group) is 1. The molecule has 96 valence electrons. The van der Waals surface area contributed by atoms with Gasteiger partial charge in [-0.2, -0.15) is 0 Å². The van der Waals surface area contributed by atoms with Gasteiger partial charge in [-0.25, -0.2) is 9.20 Å². The standard InChI is InChI=1S/C11H15N5O2/c1-14(7-5-12)8-10(17)16-11(18)15-6-3-2-4-9(15)13-16/h2-4,6H,5,7-8,12H2,1H3. The number of carbonyl (C=O) groups is 1. The van der Waals surface area contributed by atoms with Crippen molar-refractivity contribution in [3.8, 4) is 0 Å². The van der Waals surface area contributed by atoms with Gasteiger partial charge in [-0.05, 0) is 19.2 Å². The molecule has 7 heteroatoms. The van der Waals surface area contributed by atoms with E-state index in [1.807, 2.05) is 0 Å². The Morgan fingerprint density at radius 3 is 2.94 bits per heavy atom. The Labute approximate surface area is 103 Å². The van der Waals surface area contributed by atoms with Crippen molar-refractivity contribution in [2.75, 3.05) is 26.7 Å². The molecule has 0 fully saturated rings. The first-order valence-corrected chi connectivity index (χ1v) is 5.61. The van der Waals surface area contributed by atoms with Gasteiger partial charge < -0.3 is 5.73 Å². The van der Waals surface area contributed by atoms with Crippen LogP contribution < -0.4 is 11.4 Å². The molecule has 2 rings (SSSR count). The summed E-state index contributed by atoms with van der Waals surface area (Å²) in [6.07, 6.45) is 1.58. The number of carbonyl (C=O) groups excluding carboxylic acids is 1. The van der Waals surface area contributed by atoms with Crippen molar-refractivity contribution in [1.29, 1.82) is 0 Å². The average molecular weight is 249 g/mol. The molecule has 0 unspecified atom stereocenters. The van der Waals surface area contributed by atoms with Gasteiger partial charge >= 0.3 is 5.69 Å². The minimum Gasteiger partial charge on any atom is -0.329 e. The molecule has 7 nitrogen and oxygen atoms in total. The summed E-state index contributed by atoms with van der Waals surface area (Å²) < 4.78 is 2.23. The van der Waals surface area contributed by atoms with Gasteiger partial charge in [0.25, 0.3) is 5.91 Å². The molecule has 0 aliphatic rings. The van der Waals surface area contributed by atoms with Gasteiger partial charge in [0.1, 0.15) is 0 Å². The number of hydrogen-bond acceptors (Lipinski definition) is 5. The lowest BCUT2D eigenvalue weighted by atomic mass is 10.5. The first-order valence-electron chi connectivity index (χ1n) is 5.61. The van der Waals surface area contributed by atoms with E-state index in [1.165, 1.54) is 4.40 Å². The third-order valence-electron chi connectivity index (χ3n) is 2.58. The van der Waals surface area contributed by atoms with Crippen LogP contribution >= 0.6 is 0 Å². The summed E-state index contributed by atoms with van der Waals surface area (Å²) in [6.45, 7) is 1.17. The summed E-state index contributed by atoms with van der Waals surface area (Å²) in [4.78, 5) is 25.6. The lowest BCUT2D eigenvalue weighted by Crippen LogP contribution is -2.37. The maximum atomic E-state index is 11.9. The van der Waals surface area contributed by atoms with Crippen molar-refractivity contribution in [3.63, 3.8) is 0 Å². The molecule has 0 aromatic carbocycles. The highest BCUT2D eigenvalue weighted by Gasteiger charge is 2.14. The predicted octanol–water partition coefficient (Wildman–Crippen LogP) is -0.973. The molecule has 0 bridgehead atoms. The van der Waals surface area contributed by atoms with Crippen LogP contribution in [0.25, 0.3) is 5.65 Å². The smallest absolute Gasteiger partial charge is 0.329 e. The lowest BCUT2D eigenvalue weighted by molar-refractivity contribution is 0.0845. The Morgan fingerprint density at radius 2 is 2.28 bits per heavy atom. The van der Waals surface area contributed by atoms with Crippen molar-refractivity contribution in [1.82, 2.24) is 19.1 Å². The van der Waals surface area contributed by atoms with Crippen molar-refractivity contribution in [2.45, 2.75) is 0 Å². The largest absolute Gasteiger partial charge is 0.357 e. The summed E-state index contributed by atoms with van der Waals surface area (Å²) in [6, 6.07) is 5.15. The molecule has 0 spiro atoms. The fourth-order valence-electron chi connectivity index (χ4n) is 1.68. The van der Waals surface area contributed by atoms with Crippen LogP contribution in [0.4, 0.5) is 0 Å². The zero-order chi connectivity index (χ0) is 13.1. The van der Waals surface area contributed by atoms with Crippen molar-refractivity contribution >= 4 is 11.6 Å². The Morgan fingerprint density at radius 1 is 1.50 bits per heavy atom. The molecular weight excluding hydrogens is 234 g/mol. The molecule has 2 aromatic heterocycles. The molecule has 0 saturated heterocycles. The van der Waals surface area contributed by atoms with Gasteiger partial charge in [0.15, 0.2) is 5.65 Å². The summed E-state index contributed by atoms with van der Waals surface area (Å²) in [7, 11) is 1.77. The number of hydrogen-bond donors (Lipinski definition) is 1. The highest BCUT2D eigenvalue weighted by atomic mass is 16.2. The molecule has 2 aromatic rings. The highest BCUT2D eigenvalue weighted by molar-refractivity contribution is 5.80. The SMILES string of the molecule is CN(CCN)CC(=O)n1nc2ccccn2c1=O. The zero-order valence-corrected chi connectivity index (χ0v) is 10.1. The van der Waals surface area contributed by atoms with Gasteiger partial charge in [0.2, 0.25) is 0 Å². The van der Waals surface area contributed by atoms with Crippen molar-refractivity contribution < 1.29 is 4.79 Å². The van der Waals surface area contributed by atoms with E-state index < -0.39 is 5.69 Å². The van der Waals surface area contributed by atoms with Crippen LogP contribution in [0, 0.1) is 0 Å². The number of aromatic nitrogens is 3. The van der Waals surface area contributed by atoms with Gasteiger partial charge in [-0.15, -0.1) is 9.78 Å². The van der Waals surface area contributed by atoms with E-state index >= 15 is 0 Å². The van der Waals surface area contributed by atoms with E-state index in [2.05, 4.69) is 5.10 Å². The molecular formula is C11H15N5O2. The molecule has 0 radical (unpaired) electrons. The van der Waals surface area contributed by atoms with E-state index in [0.717, 1.165) is 4.68 Å². The zero-order valence-electron chi connectivity index (χ0n) is 10.1. The highest BCUT2D eigenvalue weighted by Crippen LogP contribution is 1.95. The van der Waals surface area contributed by atoms with Crippen LogP contribution in [0.5, 0.6) is 0 Å². The predicted molar refractivity (Wildman–Crippen MR) is 66.6 cm³/mol. The fraction of sp³-hybridized carbons (Fsp3) is 0.364. The van der Waals surface area contributed by atoms with E-state index in [-0.39, 0.29) is 12.5 Å². The monoisotopic (exact) mass is 249 g/mol. The molecule has 2 heterocycles. The van der Waals surface area contributed by atoms with Gasteiger partial charge in [0, 0.05) is 19.3 Å². The molecule has 0 amide bonds. The van der Waals surface area contributed by atoms with Crippen LogP contribution in [0.15, 0.2) is 29.2 Å². The molecule has 0 saturated carbocycles. The van der Waals surface area contributed by atoms with Gasteiger partial charge in [-0.3, -0.25) is 9.69 Å². The number of fused-ring (bicyclic) bond motifs is 1. The van der Waals surface area contributed by atoms with E-state index in [1.54, 1.807) is 36.3 Å². The first-order chi connectivity index (χ1) is 8.63. The second kappa shape index (κ2) is 5.11. The van der Waals surface area contributed by atoms with Crippen LogP contribution in [0.2, 0.25) is 0 Å². The van der Waals surface area contributed by atoms with E-state index in [9.17, 15) is 9.59 Å². The quantitative estimate of drug-likeness (QED) is 0.753. The summed E-state index contributed by atoms with van der Waals surface area (Å²) in [5, 5.41) is 3.99. The fourth-order valence-corrected chi connectivity index (χ4v) is 1.68. The van der Waals surface area contributed by atoms with Crippen LogP contribution in [-0.4, -0.2) is 51.7 Å². The van der Waals surface area contributed by atoms with Crippen LogP contribution in [0.1, 0.15) is 4.79 Å². The van der Waals surface area contributed by atoms with Crippen LogP contribution in [-0.2, 0) is 0 Å². The molecule has 18 heavy (non-hydrogen) atoms. The third kappa shape index (κ3) is 2.31. The topological polar surface area (TPSA) is 85.6 Å². The summed E-state index contributed by atoms with van der Waals surface area (Å²) in [5.41, 5.74) is 5.40. The lowest BCUT2D eigenvalue weighted by Gasteiger charge is -2.12. The molecule has 2 N–H and O–H groups in total. The number of nitrogens with two attached hydrogens (primary N) is 1. The average Bonchev–Trinajstić information content (AvgIpc) is 2.68. The number of rotatable bonds is 4.